The predicted octanol–water partition coefficient (Wildman–Crippen LogP) is 2.49. The smallest absolute Gasteiger partial charge is 0.263 e. The largest absolute Gasteiger partial charge is 0.369 e. The first-order chi connectivity index (χ1) is 11.1. The molecule has 122 valence electrons. The topological polar surface area (TPSA) is 78.0 Å². The molecular formula is C16H19N3O2S2. The molecule has 0 fully saturated rings. The molecule has 0 radical (unpaired) electrons. The number of primary amides is 1. The fraction of sp³-hybridized carbons (Fsp3) is 0.438. The van der Waals surface area contributed by atoms with Gasteiger partial charge in [-0.05, 0) is 31.2 Å². The third-order valence-corrected chi connectivity index (χ3v) is 6.13. The SMILES string of the molecule is C=CCn1c(SCC(N)=O)nc2sc3c(c2c1=O)CCCCC3. The molecule has 5 nitrogen and oxygen atoms in total. The number of aryl methyl sites for hydroxylation is 2. The fourth-order valence-electron chi connectivity index (χ4n) is 2.93. The number of thiophene rings is 1. The van der Waals surface area contributed by atoms with Crippen molar-refractivity contribution >= 4 is 39.2 Å². The van der Waals surface area contributed by atoms with Crippen molar-refractivity contribution in [1.82, 2.24) is 9.55 Å². The molecule has 0 spiro atoms. The predicted molar refractivity (Wildman–Crippen MR) is 95.3 cm³/mol. The Hall–Kier alpha value is -1.60. The lowest BCUT2D eigenvalue weighted by Crippen LogP contribution is -2.24. The maximum absolute atomic E-state index is 13.0. The quantitative estimate of drug-likeness (QED) is 0.389. The van der Waals surface area contributed by atoms with Crippen molar-refractivity contribution in [3.63, 3.8) is 0 Å². The fourth-order valence-corrected chi connectivity index (χ4v) is 4.98. The van der Waals surface area contributed by atoms with Gasteiger partial charge in [0.2, 0.25) is 5.91 Å². The molecule has 0 aliphatic heterocycles. The number of carbonyl (C=O) groups is 1. The van der Waals surface area contributed by atoms with Gasteiger partial charge in [0.05, 0.1) is 11.1 Å². The Bertz CT molecular complexity index is 823. The molecule has 1 aliphatic rings. The van der Waals surface area contributed by atoms with E-state index < -0.39 is 5.91 Å². The molecule has 2 heterocycles. The highest BCUT2D eigenvalue weighted by molar-refractivity contribution is 7.99. The van der Waals surface area contributed by atoms with Crippen LogP contribution < -0.4 is 11.3 Å². The molecule has 1 amide bonds. The monoisotopic (exact) mass is 349 g/mol. The van der Waals surface area contributed by atoms with Crippen molar-refractivity contribution in [2.24, 2.45) is 5.73 Å². The van der Waals surface area contributed by atoms with Gasteiger partial charge in [0.15, 0.2) is 5.16 Å². The van der Waals surface area contributed by atoms with Gasteiger partial charge >= 0.3 is 0 Å². The van der Waals surface area contributed by atoms with E-state index in [2.05, 4.69) is 11.6 Å². The standard InChI is InChI=1S/C16H19N3O2S2/c1-2-8-19-15(21)13-10-6-4-3-5-7-11(10)23-14(13)18-16(19)22-9-12(17)20/h2H,1,3-9H2,(H2,17,20). The molecule has 0 aromatic carbocycles. The Morgan fingerprint density at radius 3 is 2.91 bits per heavy atom. The molecular weight excluding hydrogens is 330 g/mol. The second kappa shape index (κ2) is 6.88. The van der Waals surface area contributed by atoms with Gasteiger partial charge in [-0.3, -0.25) is 14.2 Å². The summed E-state index contributed by atoms with van der Waals surface area (Å²) < 4.78 is 1.60. The van der Waals surface area contributed by atoms with Crippen LogP contribution >= 0.6 is 23.1 Å². The lowest BCUT2D eigenvalue weighted by atomic mass is 10.1. The summed E-state index contributed by atoms with van der Waals surface area (Å²) >= 11 is 2.83. The van der Waals surface area contributed by atoms with E-state index in [0.717, 1.165) is 29.5 Å². The minimum Gasteiger partial charge on any atom is -0.369 e. The van der Waals surface area contributed by atoms with Crippen LogP contribution in [0.4, 0.5) is 0 Å². The van der Waals surface area contributed by atoms with E-state index in [1.54, 1.807) is 22.0 Å². The van der Waals surface area contributed by atoms with Crippen LogP contribution in [0.2, 0.25) is 0 Å². The van der Waals surface area contributed by atoms with E-state index in [1.165, 1.54) is 35.0 Å². The van der Waals surface area contributed by atoms with Crippen LogP contribution in [0.1, 0.15) is 29.7 Å². The molecule has 0 unspecified atom stereocenters. The maximum Gasteiger partial charge on any atom is 0.263 e. The molecule has 0 saturated carbocycles. The number of rotatable bonds is 5. The third kappa shape index (κ3) is 3.21. The van der Waals surface area contributed by atoms with E-state index in [1.807, 2.05) is 0 Å². The van der Waals surface area contributed by atoms with Crippen LogP contribution in [0.5, 0.6) is 0 Å². The van der Waals surface area contributed by atoms with Gasteiger partial charge in [-0.15, -0.1) is 17.9 Å². The Balaban J connectivity index is 2.17. The van der Waals surface area contributed by atoms with Crippen LogP contribution in [-0.4, -0.2) is 21.2 Å². The van der Waals surface area contributed by atoms with Crippen LogP contribution in [0.15, 0.2) is 22.6 Å². The number of nitrogens with two attached hydrogens (primary N) is 1. The number of amides is 1. The van der Waals surface area contributed by atoms with Crippen LogP contribution in [0.25, 0.3) is 10.2 Å². The minimum absolute atomic E-state index is 0.0266. The van der Waals surface area contributed by atoms with Crippen molar-refractivity contribution in [1.29, 1.82) is 0 Å². The normalized spacial score (nSPS) is 14.4. The molecule has 2 aromatic heterocycles. The number of aromatic nitrogens is 2. The zero-order valence-electron chi connectivity index (χ0n) is 12.8. The number of hydrogen-bond donors (Lipinski definition) is 1. The van der Waals surface area contributed by atoms with Crippen molar-refractivity contribution in [2.75, 3.05) is 5.75 Å². The van der Waals surface area contributed by atoms with Gasteiger partial charge in [-0.2, -0.15) is 0 Å². The first-order valence-corrected chi connectivity index (χ1v) is 9.49. The van der Waals surface area contributed by atoms with Gasteiger partial charge in [0.25, 0.3) is 5.56 Å². The average molecular weight is 349 g/mol. The van der Waals surface area contributed by atoms with Gasteiger partial charge in [0, 0.05) is 11.4 Å². The Morgan fingerprint density at radius 2 is 2.17 bits per heavy atom. The number of carbonyl (C=O) groups excluding carboxylic acids is 1. The Kier molecular flexibility index (Phi) is 4.87. The number of allylic oxidation sites excluding steroid dienone is 1. The van der Waals surface area contributed by atoms with Crippen LogP contribution in [0.3, 0.4) is 0 Å². The van der Waals surface area contributed by atoms with Crippen molar-refractivity contribution in [3.05, 3.63) is 33.4 Å². The van der Waals surface area contributed by atoms with E-state index >= 15 is 0 Å². The van der Waals surface area contributed by atoms with Crippen molar-refractivity contribution < 1.29 is 4.79 Å². The average Bonchev–Trinajstić information content (AvgIpc) is 2.70. The maximum atomic E-state index is 13.0. The summed E-state index contributed by atoms with van der Waals surface area (Å²) in [5.41, 5.74) is 6.38. The highest BCUT2D eigenvalue weighted by Crippen LogP contribution is 2.34. The van der Waals surface area contributed by atoms with E-state index in [0.29, 0.717) is 11.7 Å². The molecule has 2 N–H and O–H groups in total. The third-order valence-electron chi connectivity index (χ3n) is 3.95. The summed E-state index contributed by atoms with van der Waals surface area (Å²) in [6, 6.07) is 0. The summed E-state index contributed by atoms with van der Waals surface area (Å²) in [6.45, 7) is 4.10. The molecule has 0 saturated heterocycles. The molecule has 7 heteroatoms. The highest BCUT2D eigenvalue weighted by Gasteiger charge is 2.21. The van der Waals surface area contributed by atoms with Crippen molar-refractivity contribution in [3.8, 4) is 0 Å². The second-order valence-corrected chi connectivity index (χ2v) is 7.62. The van der Waals surface area contributed by atoms with E-state index in [9.17, 15) is 9.59 Å². The number of nitrogens with zero attached hydrogens (tertiary/aromatic N) is 2. The molecule has 1 aliphatic carbocycles. The molecule has 3 rings (SSSR count). The number of fused-ring (bicyclic) bond motifs is 3. The minimum atomic E-state index is -0.420. The van der Waals surface area contributed by atoms with Crippen molar-refractivity contribution in [2.45, 2.75) is 43.8 Å². The first-order valence-electron chi connectivity index (χ1n) is 7.69. The van der Waals surface area contributed by atoms with Gasteiger partial charge in [-0.1, -0.05) is 24.3 Å². The zero-order chi connectivity index (χ0) is 16.4. The number of hydrogen-bond acceptors (Lipinski definition) is 5. The number of thioether (sulfide) groups is 1. The Labute approximate surface area is 142 Å². The van der Waals surface area contributed by atoms with Gasteiger partial charge < -0.3 is 5.73 Å². The Morgan fingerprint density at radius 1 is 1.39 bits per heavy atom. The molecule has 0 atom stereocenters. The van der Waals surface area contributed by atoms with Gasteiger partial charge in [-0.25, -0.2) is 4.98 Å². The summed E-state index contributed by atoms with van der Waals surface area (Å²) in [5.74, 6) is -0.309. The lowest BCUT2D eigenvalue weighted by Gasteiger charge is -2.09. The summed E-state index contributed by atoms with van der Waals surface area (Å²) in [6.07, 6.45) is 7.16. The van der Waals surface area contributed by atoms with Crippen LogP contribution in [-0.2, 0) is 24.2 Å². The van der Waals surface area contributed by atoms with Gasteiger partial charge in [0.1, 0.15) is 4.83 Å². The molecule has 0 bridgehead atoms. The molecule has 23 heavy (non-hydrogen) atoms. The summed E-state index contributed by atoms with van der Waals surface area (Å²) in [5, 5.41) is 1.30. The van der Waals surface area contributed by atoms with E-state index in [-0.39, 0.29) is 11.3 Å². The molecule has 2 aromatic rings. The second-order valence-electron chi connectivity index (χ2n) is 5.60. The highest BCUT2D eigenvalue weighted by atomic mass is 32.2. The zero-order valence-corrected chi connectivity index (χ0v) is 14.5. The van der Waals surface area contributed by atoms with Crippen LogP contribution in [0, 0.1) is 0 Å². The van der Waals surface area contributed by atoms with E-state index in [4.69, 9.17) is 5.73 Å². The summed E-state index contributed by atoms with van der Waals surface area (Å²) in [4.78, 5) is 30.8. The lowest BCUT2D eigenvalue weighted by molar-refractivity contribution is -0.115. The summed E-state index contributed by atoms with van der Waals surface area (Å²) in [7, 11) is 0. The first kappa shape index (κ1) is 16.3.